The molecule has 0 aliphatic carbocycles. The van der Waals surface area contributed by atoms with Gasteiger partial charge >= 0.3 is 40.7 Å². The number of ether oxygens (including phenoxy) is 5. The molecule has 3 amide bonds. The van der Waals surface area contributed by atoms with Crippen molar-refractivity contribution >= 4 is 91.0 Å². The van der Waals surface area contributed by atoms with Crippen LogP contribution in [0.2, 0.25) is 0 Å². The number of phenolic OH excluding ortho intramolecular Hbond substituents is 1. The third-order valence-electron chi connectivity index (χ3n) is 23.2. The van der Waals surface area contributed by atoms with Crippen LogP contribution in [0.4, 0.5) is 26.3 Å². The van der Waals surface area contributed by atoms with Crippen LogP contribution >= 0.6 is 0 Å². The number of pyridine rings is 3. The second kappa shape index (κ2) is 42.3. The number of fused-ring (bicyclic) bond motifs is 6. The zero-order valence-corrected chi connectivity index (χ0v) is 75.4. The largest absolute Gasteiger partial charge is 0.534 e. The molecule has 13 aromatic carbocycles. The van der Waals surface area contributed by atoms with Gasteiger partial charge in [-0.1, -0.05) is 224 Å². The summed E-state index contributed by atoms with van der Waals surface area (Å²) < 4.78 is 139. The van der Waals surface area contributed by atoms with Crippen molar-refractivity contribution in [3.63, 3.8) is 0 Å². The van der Waals surface area contributed by atoms with Crippen LogP contribution in [0, 0.1) is 17.5 Å². The van der Waals surface area contributed by atoms with Gasteiger partial charge in [0.25, 0.3) is 17.7 Å². The maximum atomic E-state index is 14.5. The number of aromatic hydroxyl groups is 1. The van der Waals surface area contributed by atoms with Gasteiger partial charge in [-0.3, -0.25) is 29.3 Å². The summed E-state index contributed by atoms with van der Waals surface area (Å²) in [5, 5.41) is 30.3. The van der Waals surface area contributed by atoms with Crippen molar-refractivity contribution in [1.29, 1.82) is 0 Å². The number of halogens is 6. The molecule has 0 atom stereocenters. The summed E-state index contributed by atoms with van der Waals surface area (Å²) >= 11 is 0. The van der Waals surface area contributed by atoms with Crippen molar-refractivity contribution in [3.05, 3.63) is 428 Å². The average molecular weight is 1900 g/mol. The molecular weight excluding hydrogens is 1810 g/mol. The molecule has 3 aromatic heterocycles. The first-order chi connectivity index (χ1) is 67.2. The maximum Gasteiger partial charge on any atom is 0.534 e. The number of aromatic nitrogens is 3. The van der Waals surface area contributed by atoms with E-state index < -0.39 is 70.3 Å². The number of carbonyl (C=O) groups excluding carboxylic acids is 6. The number of nitrogens with zero attached hydrogens (tertiary/aromatic N) is 6. The first-order valence-corrected chi connectivity index (χ1v) is 45.4. The van der Waals surface area contributed by atoms with Gasteiger partial charge in [-0.15, -0.1) is 0 Å². The Morgan fingerprint density at radius 3 is 1.09 bits per heavy atom. The van der Waals surface area contributed by atoms with Crippen molar-refractivity contribution in [3.8, 4) is 45.3 Å². The number of esters is 3. The molecule has 16 aromatic rings. The summed E-state index contributed by atoms with van der Waals surface area (Å²) in [4.78, 5) is 97.3. The quantitative estimate of drug-likeness (QED) is 0.0120. The van der Waals surface area contributed by atoms with E-state index in [0.717, 1.165) is 38.8 Å². The lowest BCUT2D eigenvalue weighted by molar-refractivity contribution is -0.0500. The number of amides is 3. The second-order valence-corrected chi connectivity index (χ2v) is 33.6. The summed E-state index contributed by atoms with van der Waals surface area (Å²) in [5.41, 5.74) is 5.70. The first-order valence-electron chi connectivity index (χ1n) is 44.0. The van der Waals surface area contributed by atoms with Crippen molar-refractivity contribution in [2.45, 2.75) is 77.8 Å². The van der Waals surface area contributed by atoms with Crippen molar-refractivity contribution in [2.75, 3.05) is 19.8 Å². The van der Waals surface area contributed by atoms with E-state index in [4.69, 9.17) is 42.9 Å². The predicted octanol–water partition coefficient (Wildman–Crippen LogP) is 20.1. The number of benzene rings is 13. The average Bonchev–Trinajstić information content (AvgIpc) is 1.61. The van der Waals surface area contributed by atoms with Gasteiger partial charge in [0.15, 0.2) is 23.0 Å². The lowest BCUT2D eigenvalue weighted by Crippen LogP contribution is -2.35. The van der Waals surface area contributed by atoms with Gasteiger partial charge in [-0.05, 0) is 177 Å². The highest BCUT2D eigenvalue weighted by Gasteiger charge is 2.51. The minimum absolute atomic E-state index is 0.0448. The van der Waals surface area contributed by atoms with E-state index in [1.807, 2.05) is 158 Å². The van der Waals surface area contributed by atoms with Crippen LogP contribution < -0.4 is 19.1 Å². The molecule has 0 saturated heterocycles. The van der Waals surface area contributed by atoms with E-state index in [1.165, 1.54) is 83.9 Å². The summed E-state index contributed by atoms with van der Waals surface area (Å²) in [6.07, 6.45) is 3.25. The summed E-state index contributed by atoms with van der Waals surface area (Å²) in [7, 11) is -7.78. The van der Waals surface area contributed by atoms with Gasteiger partial charge in [-0.2, -0.15) is 21.6 Å². The molecule has 700 valence electrons. The lowest BCUT2D eigenvalue weighted by atomic mass is 9.77. The fraction of sp³-hybridized carbons (Fsp3) is 0.139. The monoisotopic (exact) mass is 1890 g/mol. The third-order valence-corrected chi connectivity index (χ3v) is 24.2. The molecule has 0 fully saturated rings. The Bertz CT molecular complexity index is 7340. The lowest BCUT2D eigenvalue weighted by Gasteiger charge is -2.24. The van der Waals surface area contributed by atoms with Crippen LogP contribution in [0.15, 0.2) is 322 Å². The van der Waals surface area contributed by atoms with Crippen LogP contribution in [0.1, 0.15) is 151 Å². The molecule has 0 spiro atoms. The standard InChI is InChI=1S/C40H31FN2O4.C32H22F4N2O5S.C27H21FN2O4.C9H11BO4/c1-2-46-40(45)31-17-10-9-16-30(31)34-32-18-11-23-42-36(32)38(47-37(27-12-5-3-6-13-27)28-14-7-4-8-15-28)35-33(34)25-43(39(35)44)24-26-19-21-29(41)22-20-26;33-23-15-13-20(14-16-23)18-38-19-25-26(31(38)39)30(42-28(21-8-3-1-4-9-21)22-10-5-2-6-11-22)27-24(12-7-17-37-27)29(25)43-44(40,41)32(34,35)36;1-2-34-27(33)19-7-4-3-6-18(19)22-20-8-5-13-29-24(20)25(31)23-21(22)15-30(26(23)32)14-16-9-11-17(28)12-10-16;1-2-14-9(11)7-5-3-4-6-8(7)10(12)13/h3-23,37H,2,24-25H2,1H3;1-17,28H,18-19H2;3-13,31H,2,14-15H2,1H3;3-6,12-13H,2H2,1H3. The Morgan fingerprint density at radius 2 is 0.698 bits per heavy atom. The zero-order chi connectivity index (χ0) is 97.8. The number of alkyl halides is 3. The van der Waals surface area contributed by atoms with E-state index in [9.17, 15) is 68.6 Å². The Balaban J connectivity index is 0.000000142. The molecule has 23 nitrogen and oxygen atoms in total. The zero-order valence-electron chi connectivity index (χ0n) is 74.6. The number of hydrogen-bond acceptors (Lipinski definition) is 20. The summed E-state index contributed by atoms with van der Waals surface area (Å²) in [6, 6.07) is 86.0. The molecule has 3 N–H and O–H groups in total. The van der Waals surface area contributed by atoms with Gasteiger partial charge < -0.3 is 57.7 Å². The Kier molecular flexibility index (Phi) is 29.1. The smallest absolute Gasteiger partial charge is 0.505 e. The summed E-state index contributed by atoms with van der Waals surface area (Å²) in [6.45, 7) is 6.53. The van der Waals surface area contributed by atoms with E-state index in [0.29, 0.717) is 72.3 Å². The molecule has 19 rings (SSSR count). The van der Waals surface area contributed by atoms with Gasteiger partial charge in [0.1, 0.15) is 46.2 Å². The first kappa shape index (κ1) is 95.8. The summed E-state index contributed by atoms with van der Waals surface area (Å²) in [5.74, 6) is -4.41. The molecular formula is C108H85BF6N6O17S. The molecule has 3 aliphatic rings. The number of hydrogen-bond donors (Lipinski definition) is 3. The number of phenols is 1. The number of rotatable bonds is 25. The molecule has 0 unspecified atom stereocenters. The van der Waals surface area contributed by atoms with Crippen LogP contribution in [-0.2, 0) is 63.6 Å². The van der Waals surface area contributed by atoms with Gasteiger partial charge in [0.05, 0.1) is 59.7 Å². The molecule has 31 heteroatoms. The highest BCUT2D eigenvalue weighted by Crippen LogP contribution is 2.52. The Hall–Kier alpha value is -16.4. The second-order valence-electron chi connectivity index (χ2n) is 32.0. The molecule has 0 bridgehead atoms. The highest BCUT2D eigenvalue weighted by molar-refractivity contribution is 7.88. The molecule has 6 heterocycles. The van der Waals surface area contributed by atoms with Gasteiger partial charge in [0, 0.05) is 73.0 Å². The minimum atomic E-state index is -6.12. The van der Waals surface area contributed by atoms with Crippen LogP contribution in [-0.4, -0.2) is 121 Å². The van der Waals surface area contributed by atoms with E-state index in [-0.39, 0.29) is 138 Å². The van der Waals surface area contributed by atoms with E-state index in [1.54, 1.807) is 116 Å². The molecule has 3 aliphatic heterocycles. The third kappa shape index (κ3) is 20.6. The van der Waals surface area contributed by atoms with Crippen molar-refractivity contribution in [1.82, 2.24) is 29.7 Å². The SMILES string of the molecule is CCOC(=O)c1ccccc1-c1c2c(c(O)c3ncccc13)C(=O)N(Cc1ccc(F)cc1)C2.CCOC(=O)c1ccccc1-c1c2c(c(OC(c3ccccc3)c3ccccc3)c3ncccc13)C(=O)N(Cc1ccc(F)cc1)C2.CCOC(=O)c1ccccc1B(O)O.O=C1c2c(c(OS(=O)(=O)C(F)(F)F)c3cccnc3c2OC(c2ccccc2)c2ccccc2)CN1Cc1ccc(F)cc1. The van der Waals surface area contributed by atoms with Crippen molar-refractivity contribution in [2.24, 2.45) is 0 Å². The highest BCUT2D eigenvalue weighted by atomic mass is 32.2. The van der Waals surface area contributed by atoms with Crippen molar-refractivity contribution < 1.29 is 107 Å². The fourth-order valence-corrected chi connectivity index (χ4v) is 17.5. The maximum absolute atomic E-state index is 14.5. The van der Waals surface area contributed by atoms with E-state index >= 15 is 0 Å². The Labute approximate surface area is 794 Å². The molecule has 0 radical (unpaired) electrons. The predicted molar refractivity (Wildman–Crippen MR) is 508 cm³/mol. The van der Waals surface area contributed by atoms with Crippen LogP contribution in [0.5, 0.6) is 23.0 Å². The van der Waals surface area contributed by atoms with Crippen LogP contribution in [0.3, 0.4) is 0 Å². The van der Waals surface area contributed by atoms with Gasteiger partial charge in [0.2, 0.25) is 0 Å². The fourth-order valence-electron chi connectivity index (χ4n) is 17.0. The van der Waals surface area contributed by atoms with Gasteiger partial charge in [-0.25, -0.2) is 27.6 Å². The minimum Gasteiger partial charge on any atom is -0.505 e. The normalized spacial score (nSPS) is 12.5. The molecule has 0 saturated carbocycles. The van der Waals surface area contributed by atoms with E-state index in [2.05, 4.69) is 9.97 Å². The van der Waals surface area contributed by atoms with Crippen LogP contribution in [0.25, 0.3) is 55.0 Å². The number of carbonyl (C=O) groups is 6. The molecule has 139 heavy (non-hydrogen) atoms. The topological polar surface area (TPSA) is 301 Å². The Morgan fingerprint density at radius 1 is 0.381 bits per heavy atom.